The first-order chi connectivity index (χ1) is 14.7. The molecular weight excluding hydrogens is 403 g/mol. The summed E-state index contributed by atoms with van der Waals surface area (Å²) in [5, 5.41) is 13.8. The summed E-state index contributed by atoms with van der Waals surface area (Å²) in [4.78, 5) is 20.1. The highest BCUT2D eigenvalue weighted by Gasteiger charge is 2.49. The van der Waals surface area contributed by atoms with Gasteiger partial charge in [-0.2, -0.15) is 0 Å². The van der Waals surface area contributed by atoms with Crippen LogP contribution in [0.4, 0.5) is 0 Å². The van der Waals surface area contributed by atoms with Crippen molar-refractivity contribution in [3.8, 4) is 11.1 Å². The molecule has 0 radical (unpaired) electrons. The Labute approximate surface area is 188 Å². The van der Waals surface area contributed by atoms with Gasteiger partial charge in [-0.15, -0.1) is 11.3 Å². The number of guanidine groups is 1. The number of rotatable bonds is 4. The zero-order valence-corrected chi connectivity index (χ0v) is 19.4. The summed E-state index contributed by atoms with van der Waals surface area (Å²) in [6.07, 6.45) is 3.70. The van der Waals surface area contributed by atoms with Gasteiger partial charge < -0.3 is 5.32 Å². The van der Waals surface area contributed by atoms with Gasteiger partial charge in [0.05, 0.1) is 11.5 Å². The molecule has 0 spiro atoms. The third kappa shape index (κ3) is 3.78. The fourth-order valence-corrected chi connectivity index (χ4v) is 5.25. The molecule has 1 saturated heterocycles. The Kier molecular flexibility index (Phi) is 5.48. The van der Waals surface area contributed by atoms with Gasteiger partial charge in [-0.05, 0) is 41.0 Å². The normalized spacial score (nSPS) is 21.5. The summed E-state index contributed by atoms with van der Waals surface area (Å²) in [6.45, 7) is 6.35. The number of hydrogen-bond acceptors (Lipinski definition) is 4. The number of thiophene rings is 1. The molecule has 0 unspecified atom stereocenters. The van der Waals surface area contributed by atoms with Gasteiger partial charge in [0.2, 0.25) is 5.91 Å². The van der Waals surface area contributed by atoms with Crippen molar-refractivity contribution in [1.82, 2.24) is 15.2 Å². The Morgan fingerprint density at radius 1 is 1.19 bits per heavy atom. The average molecular weight is 430 g/mol. The van der Waals surface area contributed by atoms with E-state index in [1.54, 1.807) is 18.4 Å². The number of pyridine rings is 1. The first-order valence-corrected chi connectivity index (χ1v) is 11.3. The summed E-state index contributed by atoms with van der Waals surface area (Å²) >= 11 is 1.61. The number of hydrogen-bond donors (Lipinski definition) is 2. The highest BCUT2D eigenvalue weighted by molar-refractivity contribution is 7.10. The zero-order chi connectivity index (χ0) is 22.3. The van der Waals surface area contributed by atoms with Gasteiger partial charge in [0.25, 0.3) is 0 Å². The van der Waals surface area contributed by atoms with Crippen LogP contribution in [0.1, 0.15) is 48.6 Å². The second-order valence-corrected chi connectivity index (χ2v) is 9.69. The number of carbonyl (C=O) groups excluding carboxylic acids is 1. The molecule has 7 heteroatoms. The van der Waals surface area contributed by atoms with Crippen molar-refractivity contribution in [1.29, 1.82) is 5.41 Å². The maximum Gasteiger partial charge on any atom is 0.239 e. The van der Waals surface area contributed by atoms with Crippen molar-refractivity contribution in [3.63, 3.8) is 0 Å². The number of benzene rings is 1. The molecule has 5 nitrogen and oxygen atoms in total. The number of likely N-dealkylation sites (N-methyl/N-ethyl adjacent to an activating group) is 1. The molecule has 1 amide bonds. The summed E-state index contributed by atoms with van der Waals surface area (Å²) in [6, 6.07) is 12.5. The van der Waals surface area contributed by atoms with E-state index in [4.69, 9.17) is 5.41 Å². The number of amides is 1. The molecule has 1 fully saturated rings. The molecule has 0 saturated carbocycles. The lowest BCUT2D eigenvalue weighted by atomic mass is 9.76. The van der Waals surface area contributed by atoms with Crippen molar-refractivity contribution in [2.24, 2.45) is 0 Å². The van der Waals surface area contributed by atoms with Crippen molar-refractivity contribution in [3.05, 3.63) is 70.2 Å². The van der Waals surface area contributed by atoms with E-state index in [0.717, 1.165) is 27.0 Å². The molecule has 1 aliphatic heterocycles. The summed E-state index contributed by atoms with van der Waals surface area (Å²) in [5.41, 5.74) is 4.71. The Hall–Kier alpha value is -2.93. The van der Waals surface area contributed by atoms with Gasteiger partial charge in [-0.1, -0.05) is 49.6 Å². The van der Waals surface area contributed by atoms with Crippen LogP contribution in [0.3, 0.4) is 0 Å². The number of nitrogens with one attached hydrogen (secondary N) is 2. The van der Waals surface area contributed by atoms with E-state index in [-0.39, 0.29) is 11.9 Å². The van der Waals surface area contributed by atoms with Crippen LogP contribution < -0.4 is 10.8 Å². The standard InChI is InChI=1S/C24H27BN4OS/c1-14(2)15-5-7-16(8-6-15)21-22(30)29(4)23(26)28-24(21,3)20-10-18(13-31-20)17-9-19(25)12-27-11-17/h5-14,21H,25H2,1-4H3,(H2,26,28)/t21-,24+/m0/s1. The topological polar surface area (TPSA) is 69.1 Å². The predicted molar refractivity (Wildman–Crippen MR) is 130 cm³/mol. The SMILES string of the molecule is Bc1cncc(-c2csc([C@@]3(C)NC(=N)N(C)C(=O)[C@@H]3c3ccc(C(C)C)cc3)c2)c1. The van der Waals surface area contributed by atoms with Crippen molar-refractivity contribution < 1.29 is 4.79 Å². The summed E-state index contributed by atoms with van der Waals surface area (Å²) in [7, 11) is 3.69. The lowest BCUT2D eigenvalue weighted by Gasteiger charge is -2.45. The molecule has 3 aromatic rings. The van der Waals surface area contributed by atoms with Crippen LogP contribution in [0.25, 0.3) is 11.1 Å². The Bertz CT molecular complexity index is 1140. The van der Waals surface area contributed by atoms with E-state index in [1.807, 2.05) is 27.2 Å². The number of aromatic nitrogens is 1. The quantitative estimate of drug-likeness (QED) is 0.625. The van der Waals surface area contributed by atoms with Crippen molar-refractivity contribution in [2.75, 3.05) is 7.05 Å². The van der Waals surface area contributed by atoms with Crippen LogP contribution in [0, 0.1) is 5.41 Å². The molecule has 1 aliphatic rings. The highest BCUT2D eigenvalue weighted by Crippen LogP contribution is 2.44. The minimum absolute atomic E-state index is 0.0734. The molecule has 1 aromatic carbocycles. The molecule has 31 heavy (non-hydrogen) atoms. The predicted octanol–water partition coefficient (Wildman–Crippen LogP) is 3.19. The van der Waals surface area contributed by atoms with Gasteiger partial charge in [-0.25, -0.2) is 0 Å². The van der Waals surface area contributed by atoms with E-state index in [1.165, 1.54) is 10.5 Å². The van der Waals surface area contributed by atoms with Crippen molar-refractivity contribution in [2.45, 2.75) is 38.1 Å². The van der Waals surface area contributed by atoms with Gasteiger partial charge >= 0.3 is 0 Å². The van der Waals surface area contributed by atoms with Crippen LogP contribution in [0.15, 0.2) is 54.2 Å². The second kappa shape index (κ2) is 7.96. The summed E-state index contributed by atoms with van der Waals surface area (Å²) in [5.74, 6) is 0.0413. The van der Waals surface area contributed by atoms with Gasteiger partial charge in [0, 0.05) is 29.9 Å². The van der Waals surface area contributed by atoms with E-state index >= 15 is 0 Å². The van der Waals surface area contributed by atoms with Gasteiger partial charge in [0.1, 0.15) is 7.85 Å². The smallest absolute Gasteiger partial charge is 0.239 e. The molecular formula is C24H27BN4OS. The molecule has 2 aromatic heterocycles. The lowest BCUT2D eigenvalue weighted by molar-refractivity contribution is -0.131. The lowest BCUT2D eigenvalue weighted by Crippen LogP contribution is -2.62. The van der Waals surface area contributed by atoms with E-state index in [2.05, 4.69) is 65.9 Å². The summed E-state index contributed by atoms with van der Waals surface area (Å²) < 4.78 is 0. The molecule has 4 rings (SSSR count). The molecule has 2 N–H and O–H groups in total. The Morgan fingerprint density at radius 2 is 1.90 bits per heavy atom. The fraction of sp³-hybridized carbons (Fsp3) is 0.292. The van der Waals surface area contributed by atoms with Crippen molar-refractivity contribution >= 4 is 36.5 Å². The molecule has 3 heterocycles. The average Bonchev–Trinajstić information content (AvgIpc) is 3.24. The Balaban J connectivity index is 1.79. The zero-order valence-electron chi connectivity index (χ0n) is 18.6. The maximum absolute atomic E-state index is 13.4. The van der Waals surface area contributed by atoms with Crippen LogP contribution >= 0.6 is 11.3 Å². The monoisotopic (exact) mass is 430 g/mol. The third-order valence-corrected chi connectivity index (χ3v) is 7.29. The minimum Gasteiger partial charge on any atom is -0.345 e. The van der Waals surface area contributed by atoms with Crippen LogP contribution in [0.5, 0.6) is 0 Å². The van der Waals surface area contributed by atoms with Gasteiger partial charge in [-0.3, -0.25) is 20.1 Å². The van der Waals surface area contributed by atoms with Crippen LogP contribution in [0.2, 0.25) is 0 Å². The second-order valence-electron chi connectivity index (χ2n) is 8.78. The first kappa shape index (κ1) is 21.3. The minimum atomic E-state index is -0.722. The Morgan fingerprint density at radius 3 is 2.55 bits per heavy atom. The largest absolute Gasteiger partial charge is 0.345 e. The van der Waals surface area contributed by atoms with Crippen LogP contribution in [-0.2, 0) is 10.3 Å². The molecule has 2 atom stereocenters. The van der Waals surface area contributed by atoms with Crippen LogP contribution in [-0.4, -0.2) is 36.6 Å². The fourth-order valence-electron chi connectivity index (χ4n) is 4.18. The number of carbonyl (C=O) groups is 1. The van der Waals surface area contributed by atoms with Gasteiger partial charge in [0.15, 0.2) is 5.96 Å². The molecule has 0 bridgehead atoms. The number of nitrogens with zero attached hydrogens (tertiary/aromatic N) is 2. The highest BCUT2D eigenvalue weighted by atomic mass is 32.1. The third-order valence-electron chi connectivity index (χ3n) is 6.12. The van der Waals surface area contributed by atoms with E-state index in [0.29, 0.717) is 5.92 Å². The molecule has 0 aliphatic carbocycles. The maximum atomic E-state index is 13.4. The first-order valence-electron chi connectivity index (χ1n) is 10.5. The van der Waals surface area contributed by atoms with E-state index < -0.39 is 11.5 Å². The van der Waals surface area contributed by atoms with E-state index in [9.17, 15) is 4.79 Å². The molecule has 158 valence electrons.